The molecule has 0 saturated carbocycles. The first kappa shape index (κ1) is 17.3. The van der Waals surface area contributed by atoms with Crippen molar-refractivity contribution in [3.8, 4) is 5.75 Å². The molecule has 0 heterocycles. The molecule has 0 aliphatic heterocycles. The summed E-state index contributed by atoms with van der Waals surface area (Å²) >= 11 is 0. The fraction of sp³-hybridized carbons (Fsp3) is 0.562. The fourth-order valence-electron chi connectivity index (χ4n) is 2.44. The van der Waals surface area contributed by atoms with Crippen molar-refractivity contribution in [1.82, 2.24) is 4.90 Å². The van der Waals surface area contributed by atoms with Gasteiger partial charge in [0, 0.05) is 30.9 Å². The Bertz CT molecular complexity index is 445. The summed E-state index contributed by atoms with van der Waals surface area (Å²) < 4.78 is 0. The van der Waals surface area contributed by atoms with Crippen molar-refractivity contribution in [3.05, 3.63) is 24.3 Å². The number of benzene rings is 1. The molecule has 118 valence electrons. The van der Waals surface area contributed by atoms with E-state index in [0.29, 0.717) is 24.3 Å². The van der Waals surface area contributed by atoms with E-state index >= 15 is 0 Å². The van der Waals surface area contributed by atoms with E-state index in [1.165, 1.54) is 4.90 Å². The third kappa shape index (κ3) is 4.93. The van der Waals surface area contributed by atoms with Crippen LogP contribution >= 0.6 is 0 Å². The molecular weight excluding hydrogens is 266 g/mol. The van der Waals surface area contributed by atoms with Gasteiger partial charge in [-0.3, -0.25) is 9.80 Å². The van der Waals surface area contributed by atoms with Crippen molar-refractivity contribution in [2.24, 2.45) is 5.73 Å². The van der Waals surface area contributed by atoms with Crippen LogP contribution in [-0.2, 0) is 0 Å². The van der Waals surface area contributed by atoms with E-state index in [1.807, 2.05) is 0 Å². The van der Waals surface area contributed by atoms with Crippen LogP contribution in [0.25, 0.3) is 0 Å². The van der Waals surface area contributed by atoms with E-state index in [2.05, 4.69) is 32.6 Å². The first-order valence-corrected chi connectivity index (χ1v) is 7.48. The molecule has 1 atom stereocenters. The van der Waals surface area contributed by atoms with E-state index in [1.54, 1.807) is 24.3 Å². The van der Waals surface area contributed by atoms with E-state index in [-0.39, 0.29) is 5.75 Å². The Morgan fingerprint density at radius 3 is 2.19 bits per heavy atom. The van der Waals surface area contributed by atoms with Crippen LogP contribution in [0, 0.1) is 0 Å². The molecule has 0 spiro atoms. The minimum atomic E-state index is -0.478. The van der Waals surface area contributed by atoms with Crippen molar-refractivity contribution in [2.45, 2.75) is 46.2 Å². The Hall–Kier alpha value is -1.75. The summed E-state index contributed by atoms with van der Waals surface area (Å²) in [5.41, 5.74) is 6.19. The van der Waals surface area contributed by atoms with Gasteiger partial charge in [0.05, 0.1) is 0 Å². The van der Waals surface area contributed by atoms with Gasteiger partial charge in [-0.2, -0.15) is 0 Å². The summed E-state index contributed by atoms with van der Waals surface area (Å²) in [6.45, 7) is 9.95. The quantitative estimate of drug-likeness (QED) is 0.812. The van der Waals surface area contributed by atoms with Crippen LogP contribution in [0.4, 0.5) is 10.5 Å². The molecule has 21 heavy (non-hydrogen) atoms. The fourth-order valence-corrected chi connectivity index (χ4v) is 2.44. The molecule has 0 bridgehead atoms. The maximum absolute atomic E-state index is 11.7. The molecule has 0 fully saturated rings. The Morgan fingerprint density at radius 2 is 1.76 bits per heavy atom. The van der Waals surface area contributed by atoms with Crippen LogP contribution in [0.1, 0.15) is 34.1 Å². The highest BCUT2D eigenvalue weighted by Crippen LogP contribution is 2.19. The van der Waals surface area contributed by atoms with Crippen molar-refractivity contribution < 1.29 is 9.90 Å². The number of hydrogen-bond acceptors (Lipinski definition) is 3. The molecular formula is C16H27N3O2. The third-order valence-electron chi connectivity index (χ3n) is 3.83. The number of anilines is 1. The molecule has 0 aromatic heterocycles. The number of primary amides is 1. The molecule has 5 nitrogen and oxygen atoms in total. The summed E-state index contributed by atoms with van der Waals surface area (Å²) in [6, 6.07) is 6.90. The molecule has 1 aromatic rings. The second-order valence-corrected chi connectivity index (χ2v) is 5.60. The van der Waals surface area contributed by atoms with Crippen molar-refractivity contribution in [1.29, 1.82) is 0 Å². The van der Waals surface area contributed by atoms with Crippen LogP contribution in [0.15, 0.2) is 24.3 Å². The van der Waals surface area contributed by atoms with E-state index in [9.17, 15) is 9.90 Å². The zero-order chi connectivity index (χ0) is 16.0. The summed E-state index contributed by atoms with van der Waals surface area (Å²) in [6.07, 6.45) is 1.06. The lowest BCUT2D eigenvalue weighted by Gasteiger charge is -2.34. The molecule has 0 aliphatic rings. The van der Waals surface area contributed by atoms with Gasteiger partial charge in [-0.25, -0.2) is 4.79 Å². The predicted molar refractivity (Wildman–Crippen MR) is 86.6 cm³/mol. The van der Waals surface area contributed by atoms with E-state index in [0.717, 1.165) is 13.0 Å². The minimum absolute atomic E-state index is 0.173. The number of phenolic OH excluding ortho intramolecular Hbond substituents is 1. The number of amides is 2. The molecule has 1 rings (SSSR count). The van der Waals surface area contributed by atoms with Gasteiger partial charge >= 0.3 is 6.03 Å². The number of carbonyl (C=O) groups excluding carboxylic acids is 1. The topological polar surface area (TPSA) is 69.8 Å². The lowest BCUT2D eigenvalue weighted by molar-refractivity contribution is 0.164. The van der Waals surface area contributed by atoms with Gasteiger partial charge in [-0.15, -0.1) is 0 Å². The van der Waals surface area contributed by atoms with Gasteiger partial charge in [0.25, 0.3) is 0 Å². The van der Waals surface area contributed by atoms with Crippen molar-refractivity contribution >= 4 is 11.7 Å². The Labute approximate surface area is 127 Å². The molecule has 0 radical (unpaired) electrons. The molecule has 1 aromatic carbocycles. The standard InChI is InChI=1S/C16H27N3O2/c1-5-13(4)18(12(2)3)10-11-19(16(17)21)14-6-8-15(20)9-7-14/h6-9,12-13,20H,5,10-11H2,1-4H3,(H2,17,21). The highest BCUT2D eigenvalue weighted by Gasteiger charge is 2.19. The Kier molecular flexibility index (Phi) is 6.49. The number of aromatic hydroxyl groups is 1. The molecule has 0 aliphatic carbocycles. The number of phenols is 1. The van der Waals surface area contributed by atoms with E-state index < -0.39 is 6.03 Å². The smallest absolute Gasteiger partial charge is 0.319 e. The van der Waals surface area contributed by atoms with Crippen LogP contribution in [0.2, 0.25) is 0 Å². The maximum Gasteiger partial charge on any atom is 0.319 e. The predicted octanol–water partition coefficient (Wildman–Crippen LogP) is 2.79. The van der Waals surface area contributed by atoms with Gasteiger partial charge in [0.15, 0.2) is 0 Å². The maximum atomic E-state index is 11.7. The summed E-state index contributed by atoms with van der Waals surface area (Å²) in [4.78, 5) is 15.6. The van der Waals surface area contributed by atoms with Gasteiger partial charge in [0.1, 0.15) is 5.75 Å². The SMILES string of the molecule is CCC(C)N(CCN(C(N)=O)c1ccc(O)cc1)C(C)C. The Balaban J connectivity index is 2.79. The normalized spacial score (nSPS) is 12.7. The number of urea groups is 1. The zero-order valence-electron chi connectivity index (χ0n) is 13.4. The molecule has 1 unspecified atom stereocenters. The Morgan fingerprint density at radius 1 is 1.19 bits per heavy atom. The third-order valence-corrected chi connectivity index (χ3v) is 3.83. The number of hydrogen-bond donors (Lipinski definition) is 2. The average molecular weight is 293 g/mol. The number of nitrogens with zero attached hydrogens (tertiary/aromatic N) is 2. The van der Waals surface area contributed by atoms with Crippen LogP contribution < -0.4 is 10.6 Å². The van der Waals surface area contributed by atoms with E-state index in [4.69, 9.17) is 5.73 Å². The molecule has 2 amide bonds. The largest absolute Gasteiger partial charge is 0.508 e. The monoisotopic (exact) mass is 293 g/mol. The first-order valence-electron chi connectivity index (χ1n) is 7.48. The number of nitrogens with two attached hydrogens (primary N) is 1. The zero-order valence-corrected chi connectivity index (χ0v) is 13.4. The van der Waals surface area contributed by atoms with Gasteiger partial charge in [0.2, 0.25) is 0 Å². The summed E-state index contributed by atoms with van der Waals surface area (Å²) in [7, 11) is 0. The minimum Gasteiger partial charge on any atom is -0.508 e. The highest BCUT2D eigenvalue weighted by molar-refractivity contribution is 5.90. The van der Waals surface area contributed by atoms with Gasteiger partial charge < -0.3 is 10.8 Å². The van der Waals surface area contributed by atoms with Crippen LogP contribution in [0.5, 0.6) is 5.75 Å². The molecule has 0 saturated heterocycles. The van der Waals surface area contributed by atoms with Crippen molar-refractivity contribution in [2.75, 3.05) is 18.0 Å². The van der Waals surface area contributed by atoms with Crippen LogP contribution in [-0.4, -0.2) is 41.2 Å². The molecule has 3 N–H and O–H groups in total. The summed E-state index contributed by atoms with van der Waals surface area (Å²) in [5.74, 6) is 0.173. The average Bonchev–Trinajstić information content (AvgIpc) is 2.43. The lowest BCUT2D eigenvalue weighted by atomic mass is 10.1. The summed E-state index contributed by atoms with van der Waals surface area (Å²) in [5, 5.41) is 9.33. The van der Waals surface area contributed by atoms with Gasteiger partial charge in [-0.05, 0) is 51.5 Å². The molecule has 5 heteroatoms. The highest BCUT2D eigenvalue weighted by atomic mass is 16.3. The van der Waals surface area contributed by atoms with Gasteiger partial charge in [-0.1, -0.05) is 6.92 Å². The lowest BCUT2D eigenvalue weighted by Crippen LogP contribution is -2.46. The first-order chi connectivity index (χ1) is 9.86. The number of rotatable bonds is 7. The number of carbonyl (C=O) groups is 1. The second-order valence-electron chi connectivity index (χ2n) is 5.60. The second kappa shape index (κ2) is 7.88. The van der Waals surface area contributed by atoms with Crippen LogP contribution in [0.3, 0.4) is 0 Å². The van der Waals surface area contributed by atoms with Crippen molar-refractivity contribution in [3.63, 3.8) is 0 Å².